The topological polar surface area (TPSA) is 102 Å². The van der Waals surface area contributed by atoms with Gasteiger partial charge < -0.3 is 19.5 Å². The monoisotopic (exact) mass is 487 g/mol. The van der Waals surface area contributed by atoms with E-state index in [1.807, 2.05) is 0 Å². The van der Waals surface area contributed by atoms with E-state index in [-0.39, 0.29) is 18.3 Å². The number of thioether (sulfide) groups is 1. The van der Waals surface area contributed by atoms with Gasteiger partial charge in [-0.05, 0) is 43.6 Å². The highest BCUT2D eigenvalue weighted by molar-refractivity contribution is 7.99. The van der Waals surface area contributed by atoms with Gasteiger partial charge in [0.15, 0.2) is 5.78 Å². The molecule has 0 saturated heterocycles. The number of ether oxygens (including phenoxy) is 1. The molecule has 0 saturated carbocycles. The van der Waals surface area contributed by atoms with Gasteiger partial charge in [-0.1, -0.05) is 37.8 Å². The lowest BCUT2D eigenvalue weighted by Crippen LogP contribution is -2.24. The van der Waals surface area contributed by atoms with Gasteiger partial charge in [0.2, 0.25) is 0 Å². The van der Waals surface area contributed by atoms with Gasteiger partial charge in [0, 0.05) is 38.1 Å². The minimum absolute atomic E-state index is 0.0888. The quantitative estimate of drug-likeness (QED) is 0.162. The third-order valence-corrected chi connectivity index (χ3v) is 6.48. The van der Waals surface area contributed by atoms with Gasteiger partial charge in [0.25, 0.3) is 5.91 Å². The summed E-state index contributed by atoms with van der Waals surface area (Å²) in [5.74, 6) is 1.38. The van der Waals surface area contributed by atoms with Crippen molar-refractivity contribution < 1.29 is 28.3 Å². The number of carbonyl (C=O) groups is 2. The number of hydrogen-bond acceptors (Lipinski definition) is 6. The van der Waals surface area contributed by atoms with E-state index < -0.39 is 7.60 Å². The molecule has 0 aliphatic rings. The first kappa shape index (κ1) is 28.9. The number of unbranched alkanes of at least 4 members (excludes halogenated alkanes) is 6. The third kappa shape index (κ3) is 14.8. The van der Waals surface area contributed by atoms with E-state index in [9.17, 15) is 14.2 Å². The largest absolute Gasteiger partial charge is 0.385 e. The van der Waals surface area contributed by atoms with Crippen LogP contribution in [-0.2, 0) is 13.8 Å². The fourth-order valence-corrected chi connectivity index (χ4v) is 4.35. The lowest BCUT2D eigenvalue weighted by Gasteiger charge is -2.08. The van der Waals surface area contributed by atoms with E-state index in [1.54, 1.807) is 43.1 Å². The molecule has 0 heterocycles. The van der Waals surface area contributed by atoms with Crippen LogP contribution in [0.3, 0.4) is 0 Å². The van der Waals surface area contributed by atoms with Crippen LogP contribution in [0.5, 0.6) is 0 Å². The molecule has 1 atom stereocenters. The lowest BCUT2D eigenvalue weighted by molar-refractivity contribution is 0.0950. The van der Waals surface area contributed by atoms with E-state index in [1.165, 1.54) is 6.66 Å². The molecule has 1 unspecified atom stereocenters. The fraction of sp³-hybridized carbons (Fsp3) is 0.652. The molecule has 0 aromatic heterocycles. The summed E-state index contributed by atoms with van der Waals surface area (Å²) in [5.41, 5.74) is 1.18. The average molecular weight is 488 g/mol. The summed E-state index contributed by atoms with van der Waals surface area (Å²) in [4.78, 5) is 33.5. The molecular weight excluding hydrogens is 449 g/mol. The molecule has 1 aromatic carbocycles. The number of carbonyl (C=O) groups excluding carboxylic acids is 2. The van der Waals surface area contributed by atoms with Gasteiger partial charge in [-0.25, -0.2) is 0 Å². The summed E-state index contributed by atoms with van der Waals surface area (Å²) in [5, 5.41) is 2.88. The van der Waals surface area contributed by atoms with Gasteiger partial charge in [-0.2, -0.15) is 11.8 Å². The van der Waals surface area contributed by atoms with Crippen molar-refractivity contribution in [1.82, 2.24) is 5.32 Å². The highest BCUT2D eigenvalue weighted by atomic mass is 32.2. The molecule has 1 rings (SSSR count). The summed E-state index contributed by atoms with van der Waals surface area (Å²) < 4.78 is 20.8. The minimum Gasteiger partial charge on any atom is -0.385 e. The van der Waals surface area contributed by atoms with Crippen LogP contribution in [0.25, 0.3) is 0 Å². The van der Waals surface area contributed by atoms with Crippen molar-refractivity contribution in [2.45, 2.75) is 51.4 Å². The molecule has 1 aromatic rings. The summed E-state index contributed by atoms with van der Waals surface area (Å²) in [7, 11) is -1.66. The minimum atomic E-state index is -3.38. The van der Waals surface area contributed by atoms with Crippen LogP contribution in [0, 0.1) is 0 Å². The van der Waals surface area contributed by atoms with Crippen molar-refractivity contribution >= 4 is 31.0 Å². The van der Waals surface area contributed by atoms with Crippen molar-refractivity contribution in [1.29, 1.82) is 0 Å². The Bertz CT molecular complexity index is 707. The summed E-state index contributed by atoms with van der Waals surface area (Å²) in [6, 6.07) is 6.82. The second-order valence-corrected chi connectivity index (χ2v) is 10.7. The molecule has 182 valence electrons. The molecule has 0 spiro atoms. The summed E-state index contributed by atoms with van der Waals surface area (Å²) in [6.07, 6.45) is 7.84. The molecule has 1 amide bonds. The maximum Gasteiger partial charge on any atom is 0.325 e. The molecule has 0 aliphatic heterocycles. The SMILES string of the molecule is COCCCCCCSCC(=O)c1ccc(C(=O)NCCCCCCOP(C)(=O)O)cc1. The fourth-order valence-electron chi connectivity index (χ4n) is 2.98. The second-order valence-electron chi connectivity index (χ2n) is 7.77. The molecule has 7 nitrogen and oxygen atoms in total. The number of amides is 1. The predicted molar refractivity (Wildman–Crippen MR) is 131 cm³/mol. The van der Waals surface area contributed by atoms with Crippen LogP contribution in [0.1, 0.15) is 72.1 Å². The van der Waals surface area contributed by atoms with Crippen LogP contribution < -0.4 is 5.32 Å². The number of methoxy groups -OCH3 is 1. The highest BCUT2D eigenvalue weighted by Gasteiger charge is 2.10. The number of Topliss-reactive ketones (excluding diaryl/α,β-unsaturated/α-hetero) is 1. The van der Waals surface area contributed by atoms with Gasteiger partial charge in [0.1, 0.15) is 0 Å². The Morgan fingerprint density at radius 1 is 0.938 bits per heavy atom. The van der Waals surface area contributed by atoms with Gasteiger partial charge in [-0.3, -0.25) is 14.2 Å². The molecule has 0 bridgehead atoms. The summed E-state index contributed by atoms with van der Waals surface area (Å²) in [6.45, 7) is 2.83. The van der Waals surface area contributed by atoms with Crippen molar-refractivity contribution in [2.75, 3.05) is 45.0 Å². The predicted octanol–water partition coefficient (Wildman–Crippen LogP) is 4.93. The molecule has 0 aliphatic carbocycles. The zero-order valence-corrected chi connectivity index (χ0v) is 21.1. The van der Waals surface area contributed by atoms with Crippen LogP contribution >= 0.6 is 19.4 Å². The number of rotatable bonds is 19. The summed E-state index contributed by atoms with van der Waals surface area (Å²) >= 11 is 1.66. The molecule has 2 N–H and O–H groups in total. The molecular formula is C23H38NO6PS. The Morgan fingerprint density at radius 2 is 1.53 bits per heavy atom. The maximum absolute atomic E-state index is 12.3. The number of nitrogens with one attached hydrogen (secondary N) is 1. The van der Waals surface area contributed by atoms with E-state index in [0.29, 0.717) is 29.8 Å². The van der Waals surface area contributed by atoms with E-state index >= 15 is 0 Å². The first-order valence-corrected chi connectivity index (χ1v) is 14.4. The van der Waals surface area contributed by atoms with E-state index in [0.717, 1.165) is 57.3 Å². The molecule has 0 fully saturated rings. The van der Waals surface area contributed by atoms with Crippen molar-refractivity contribution in [3.8, 4) is 0 Å². The average Bonchev–Trinajstić information content (AvgIpc) is 2.76. The van der Waals surface area contributed by atoms with Gasteiger partial charge >= 0.3 is 7.60 Å². The van der Waals surface area contributed by atoms with Gasteiger partial charge in [-0.15, -0.1) is 0 Å². The Hall–Kier alpha value is -1.18. The Balaban J connectivity index is 2.15. The first-order valence-electron chi connectivity index (χ1n) is 11.3. The zero-order valence-electron chi connectivity index (χ0n) is 19.3. The van der Waals surface area contributed by atoms with E-state index in [4.69, 9.17) is 14.2 Å². The number of benzene rings is 1. The number of ketones is 1. The van der Waals surface area contributed by atoms with Crippen LogP contribution in [0.4, 0.5) is 0 Å². The van der Waals surface area contributed by atoms with Crippen molar-refractivity contribution in [3.63, 3.8) is 0 Å². The normalized spacial score (nSPS) is 13.0. The number of hydrogen-bond donors (Lipinski definition) is 2. The highest BCUT2D eigenvalue weighted by Crippen LogP contribution is 2.36. The Labute approximate surface area is 196 Å². The maximum atomic E-state index is 12.3. The second kappa shape index (κ2) is 17.3. The van der Waals surface area contributed by atoms with Gasteiger partial charge in [0.05, 0.1) is 12.4 Å². The van der Waals surface area contributed by atoms with Crippen LogP contribution in [-0.4, -0.2) is 61.6 Å². The van der Waals surface area contributed by atoms with Crippen molar-refractivity contribution in [2.24, 2.45) is 0 Å². The standard InChI is InChI=1S/C23H38NO6PS/c1-29-16-8-5-6-10-18-32-19-22(25)20-11-13-21(14-12-20)23(26)24-15-7-3-4-9-17-30-31(2,27)28/h11-14H,3-10,15-19H2,1-2H3,(H,24,26)(H,27,28). The molecule has 9 heteroatoms. The molecule has 0 radical (unpaired) electrons. The molecule has 32 heavy (non-hydrogen) atoms. The first-order chi connectivity index (χ1) is 15.3. The lowest BCUT2D eigenvalue weighted by atomic mass is 10.1. The van der Waals surface area contributed by atoms with E-state index in [2.05, 4.69) is 5.32 Å². The smallest absolute Gasteiger partial charge is 0.325 e. The van der Waals surface area contributed by atoms with Crippen LogP contribution in [0.2, 0.25) is 0 Å². The van der Waals surface area contributed by atoms with Crippen molar-refractivity contribution in [3.05, 3.63) is 35.4 Å². The third-order valence-electron chi connectivity index (χ3n) is 4.78. The van der Waals surface area contributed by atoms with Crippen LogP contribution in [0.15, 0.2) is 24.3 Å². The Kier molecular flexibility index (Phi) is 15.6. The Morgan fingerprint density at radius 3 is 2.19 bits per heavy atom. The zero-order chi connectivity index (χ0) is 23.7.